The van der Waals surface area contributed by atoms with Crippen molar-refractivity contribution in [1.82, 2.24) is 20.6 Å². The minimum absolute atomic E-state index is 0.0684. The second-order valence-electron chi connectivity index (χ2n) is 16.7. The van der Waals surface area contributed by atoms with Gasteiger partial charge in [0.2, 0.25) is 5.91 Å². The number of nitrogens with one attached hydrogen (secondary N) is 2. The maximum absolute atomic E-state index is 14.2. The number of likely N-dealkylation sites (N-methyl/N-ethyl adjacent to an activating group) is 1. The van der Waals surface area contributed by atoms with Crippen LogP contribution < -0.4 is 21.3 Å². The largest absolute Gasteiger partial charge is 0.393 e. The van der Waals surface area contributed by atoms with E-state index in [0.717, 1.165) is 53.9 Å². The number of carbonyl (C=O) groups excluding carboxylic acids is 2. The number of hydroxylamine groups is 2. The smallest absolute Gasteiger partial charge is 0.251 e. The van der Waals surface area contributed by atoms with Gasteiger partial charge in [-0.3, -0.25) is 19.3 Å². The van der Waals surface area contributed by atoms with E-state index >= 15 is 0 Å². The summed E-state index contributed by atoms with van der Waals surface area (Å²) in [6, 6.07) is 12.0. The highest BCUT2D eigenvalue weighted by Gasteiger charge is 2.57. The van der Waals surface area contributed by atoms with Crippen molar-refractivity contribution in [2.75, 3.05) is 45.2 Å². The van der Waals surface area contributed by atoms with E-state index in [1.54, 1.807) is 12.0 Å². The van der Waals surface area contributed by atoms with Crippen LogP contribution in [0.1, 0.15) is 81.8 Å². The molecular formula is C41H62N6O4. The summed E-state index contributed by atoms with van der Waals surface area (Å²) in [4.78, 5) is 38.7. The number of nitrogens with two attached hydrogens (primary N) is 1. The zero-order chi connectivity index (χ0) is 36.8. The van der Waals surface area contributed by atoms with E-state index in [0.29, 0.717) is 47.9 Å². The Morgan fingerprint density at radius 1 is 1.18 bits per heavy atom. The summed E-state index contributed by atoms with van der Waals surface area (Å²) in [7, 11) is 3.98. The summed E-state index contributed by atoms with van der Waals surface area (Å²) in [5.41, 5.74) is 12.1. The van der Waals surface area contributed by atoms with E-state index in [-0.39, 0.29) is 24.4 Å². The third-order valence-corrected chi connectivity index (χ3v) is 13.3. The molecule has 3 saturated carbocycles. The lowest BCUT2D eigenvalue weighted by atomic mass is 9.45. The quantitative estimate of drug-likeness (QED) is 0.254. The van der Waals surface area contributed by atoms with Gasteiger partial charge in [-0.05, 0) is 116 Å². The first kappa shape index (κ1) is 37.7. The minimum Gasteiger partial charge on any atom is -0.393 e. The molecule has 2 aliphatic heterocycles. The van der Waals surface area contributed by atoms with Crippen LogP contribution in [0.3, 0.4) is 0 Å². The van der Waals surface area contributed by atoms with Gasteiger partial charge in [-0.15, -0.1) is 0 Å². The number of benzene rings is 2. The van der Waals surface area contributed by atoms with Crippen LogP contribution in [-0.4, -0.2) is 97.5 Å². The van der Waals surface area contributed by atoms with Gasteiger partial charge < -0.3 is 26.4 Å². The number of hydrogen-bond acceptors (Lipinski definition) is 8. The monoisotopic (exact) mass is 702 g/mol. The van der Waals surface area contributed by atoms with Gasteiger partial charge in [0, 0.05) is 56.4 Å². The van der Waals surface area contributed by atoms with E-state index in [1.165, 1.54) is 12.8 Å². The first-order chi connectivity index (χ1) is 24.2. The van der Waals surface area contributed by atoms with Crippen LogP contribution in [0.2, 0.25) is 0 Å². The lowest BCUT2D eigenvalue weighted by molar-refractivity contribution is -0.175. The van der Waals surface area contributed by atoms with Crippen LogP contribution in [0.15, 0.2) is 36.4 Å². The molecule has 2 amide bonds. The first-order valence-electron chi connectivity index (χ1n) is 19.3. The molecule has 280 valence electrons. The lowest BCUT2D eigenvalue weighted by Gasteiger charge is -2.62. The number of amides is 2. The van der Waals surface area contributed by atoms with Crippen LogP contribution in [0.4, 0.5) is 5.69 Å². The van der Waals surface area contributed by atoms with E-state index in [1.807, 2.05) is 37.2 Å². The molecule has 10 heteroatoms. The summed E-state index contributed by atoms with van der Waals surface area (Å²) in [6.45, 7) is 16.3. The molecular weight excluding hydrogens is 640 g/mol. The predicted molar refractivity (Wildman–Crippen MR) is 203 cm³/mol. The lowest BCUT2D eigenvalue weighted by Crippen LogP contribution is -2.62. The van der Waals surface area contributed by atoms with E-state index in [4.69, 9.17) is 10.6 Å². The second kappa shape index (κ2) is 15.1. The van der Waals surface area contributed by atoms with Crippen molar-refractivity contribution in [1.29, 1.82) is 0 Å². The van der Waals surface area contributed by atoms with Crippen molar-refractivity contribution >= 4 is 17.5 Å². The number of rotatable bonds is 12. The fraction of sp³-hybridized carbons (Fsp3) is 0.659. The summed E-state index contributed by atoms with van der Waals surface area (Å²) >= 11 is 0. The molecule has 0 radical (unpaired) electrons. The zero-order valence-electron chi connectivity index (χ0n) is 32.1. The van der Waals surface area contributed by atoms with Crippen molar-refractivity contribution in [3.63, 3.8) is 0 Å². The molecule has 7 rings (SSSR count). The average Bonchev–Trinajstić information content (AvgIpc) is 3.72. The van der Waals surface area contributed by atoms with Crippen LogP contribution in [0.25, 0.3) is 11.1 Å². The van der Waals surface area contributed by atoms with Crippen LogP contribution in [-0.2, 0) is 16.2 Å². The van der Waals surface area contributed by atoms with Crippen molar-refractivity contribution in [2.45, 2.75) is 104 Å². The van der Waals surface area contributed by atoms with Gasteiger partial charge in [0.15, 0.2) is 0 Å². The van der Waals surface area contributed by atoms with Gasteiger partial charge >= 0.3 is 0 Å². The molecule has 2 bridgehead atoms. The Morgan fingerprint density at radius 2 is 1.94 bits per heavy atom. The van der Waals surface area contributed by atoms with Gasteiger partial charge in [-0.25, -0.2) is 0 Å². The highest BCUT2D eigenvalue weighted by molar-refractivity contribution is 5.97. The molecule has 2 heterocycles. The molecule has 2 saturated heterocycles. The molecule has 2 aromatic carbocycles. The SMILES string of the molecule is CCN1CCC[C@@H]1CNC(=O)c1cc(-c2cccc(CN3O[C@@H](CN)[C@@H]([C@H](C)O)[C@H]3C(=O)N[C@H]3C[C@@H]4C[C@H]([C@@H]3C)C4(C)C)c2C)cc(N(C)C)c1. The van der Waals surface area contributed by atoms with Gasteiger partial charge in [0.05, 0.1) is 18.8 Å². The Bertz CT molecular complexity index is 1580. The van der Waals surface area contributed by atoms with Crippen LogP contribution >= 0.6 is 0 Å². The van der Waals surface area contributed by atoms with Gasteiger partial charge in [-0.2, -0.15) is 5.06 Å². The van der Waals surface area contributed by atoms with E-state index in [9.17, 15) is 14.7 Å². The minimum atomic E-state index is -0.778. The highest BCUT2D eigenvalue weighted by Crippen LogP contribution is 2.61. The van der Waals surface area contributed by atoms with E-state index < -0.39 is 24.2 Å². The maximum atomic E-state index is 14.2. The van der Waals surface area contributed by atoms with Gasteiger partial charge in [0.25, 0.3) is 5.91 Å². The summed E-state index contributed by atoms with van der Waals surface area (Å²) in [5, 5.41) is 19.3. The number of carbonyl (C=O) groups is 2. The third-order valence-electron chi connectivity index (χ3n) is 13.3. The average molecular weight is 703 g/mol. The number of anilines is 1. The Hall–Kier alpha value is -3.02. The summed E-state index contributed by atoms with van der Waals surface area (Å²) in [5.74, 6) is 0.971. The topological polar surface area (TPSA) is 123 Å². The van der Waals surface area contributed by atoms with Crippen molar-refractivity contribution in [2.24, 2.45) is 34.8 Å². The van der Waals surface area contributed by atoms with Crippen LogP contribution in [0, 0.1) is 36.0 Å². The molecule has 9 atom stereocenters. The first-order valence-corrected chi connectivity index (χ1v) is 19.3. The predicted octanol–water partition coefficient (Wildman–Crippen LogP) is 4.57. The number of likely N-dealkylation sites (tertiary alicyclic amines) is 1. The molecule has 0 aromatic heterocycles. The Kier molecular flexibility index (Phi) is 11.2. The molecule has 5 aliphatic rings. The molecule has 5 fully saturated rings. The standard InChI is InChI=1S/C41H62N6O4/c1-9-46-15-11-13-31(46)22-43-39(49)29-16-28(17-32(18-29)45(7)8)33-14-10-12-27(24(33)2)23-47-38(37(26(4)48)36(21-42)51-47)40(50)44-35-20-30-19-34(25(35)3)41(30,5)6/h10,12,14,16-18,25-26,30-31,34-38,48H,9,11,13,15,19-23,42H2,1-8H3,(H,43,49)(H,44,50)/t25-,26-,30-,31+,34+,35-,36-,37+,38-/m0/s1. The van der Waals surface area contributed by atoms with Gasteiger partial charge in [-0.1, -0.05) is 45.9 Å². The number of fused-ring (bicyclic) bond motifs is 2. The maximum Gasteiger partial charge on any atom is 0.251 e. The Labute approximate surface area is 305 Å². The van der Waals surface area contributed by atoms with E-state index in [2.05, 4.69) is 68.4 Å². The number of hydrogen-bond donors (Lipinski definition) is 4. The zero-order valence-corrected chi connectivity index (χ0v) is 32.1. The Balaban J connectivity index is 1.24. The molecule has 2 aromatic rings. The molecule has 0 unspecified atom stereocenters. The molecule has 3 aliphatic carbocycles. The summed E-state index contributed by atoms with van der Waals surface area (Å²) < 4.78 is 0. The second-order valence-corrected chi connectivity index (χ2v) is 16.7. The molecule has 5 N–H and O–H groups in total. The number of aliphatic hydroxyl groups is 1. The fourth-order valence-corrected chi connectivity index (χ4v) is 9.88. The fourth-order valence-electron chi connectivity index (χ4n) is 9.88. The number of nitrogens with zero attached hydrogens (tertiary/aromatic N) is 3. The van der Waals surface area contributed by atoms with Crippen molar-refractivity contribution < 1.29 is 19.5 Å². The normalized spacial score (nSPS) is 30.9. The Morgan fingerprint density at radius 3 is 2.59 bits per heavy atom. The number of aliphatic hydroxyl groups excluding tert-OH is 1. The molecule has 0 spiro atoms. The van der Waals surface area contributed by atoms with Gasteiger partial charge in [0.1, 0.15) is 6.04 Å². The highest BCUT2D eigenvalue weighted by atomic mass is 16.7. The molecule has 51 heavy (non-hydrogen) atoms. The third kappa shape index (κ3) is 7.32. The van der Waals surface area contributed by atoms with Crippen LogP contribution in [0.5, 0.6) is 0 Å². The summed E-state index contributed by atoms with van der Waals surface area (Å²) in [6.07, 6.45) is 3.24. The van der Waals surface area contributed by atoms with Crippen molar-refractivity contribution in [3.05, 3.63) is 53.1 Å². The van der Waals surface area contributed by atoms with Crippen molar-refractivity contribution in [3.8, 4) is 11.1 Å². The molecule has 10 nitrogen and oxygen atoms in total.